The molecule has 2 rings (SSSR count). The summed E-state index contributed by atoms with van der Waals surface area (Å²) in [4.78, 5) is 22.0. The van der Waals surface area contributed by atoms with Gasteiger partial charge in [0.1, 0.15) is 17.1 Å². The number of hydrogen-bond donors (Lipinski definition) is 3. The van der Waals surface area contributed by atoms with Crippen molar-refractivity contribution in [2.45, 2.75) is 6.18 Å². The molecule has 0 saturated heterocycles. The molecule has 2 aromatic heterocycles. The van der Waals surface area contributed by atoms with Crippen LogP contribution in [0.4, 0.5) is 30.6 Å². The predicted molar refractivity (Wildman–Crippen MR) is 72.6 cm³/mol. The first-order chi connectivity index (χ1) is 10.3. The van der Waals surface area contributed by atoms with E-state index in [2.05, 4.69) is 25.6 Å². The van der Waals surface area contributed by atoms with E-state index in [1.165, 1.54) is 25.4 Å². The minimum absolute atomic E-state index is 0.0500. The van der Waals surface area contributed by atoms with Gasteiger partial charge in [-0.1, -0.05) is 0 Å². The first-order valence-corrected chi connectivity index (χ1v) is 5.96. The molecule has 2 heterocycles. The molecule has 0 unspecified atom stereocenters. The fraction of sp³-hybridized carbons (Fsp3) is 0.167. The summed E-state index contributed by atoms with van der Waals surface area (Å²) in [6, 6.07) is 2.85. The fourth-order valence-electron chi connectivity index (χ4n) is 1.58. The number of primary amides is 1. The van der Waals surface area contributed by atoms with Crippen molar-refractivity contribution in [3.8, 4) is 0 Å². The second-order valence-electron chi connectivity index (χ2n) is 4.13. The molecule has 0 aromatic carbocycles. The maximum absolute atomic E-state index is 12.7. The monoisotopic (exact) mass is 312 g/mol. The maximum Gasteiger partial charge on any atom is 0.421 e. The smallest absolute Gasteiger partial charge is 0.372 e. The molecule has 22 heavy (non-hydrogen) atoms. The van der Waals surface area contributed by atoms with Gasteiger partial charge in [-0.25, -0.2) is 9.97 Å². The fourth-order valence-corrected chi connectivity index (χ4v) is 1.58. The van der Waals surface area contributed by atoms with Crippen molar-refractivity contribution in [3.05, 3.63) is 35.8 Å². The number of amides is 1. The van der Waals surface area contributed by atoms with Crippen LogP contribution in [0.2, 0.25) is 0 Å². The summed E-state index contributed by atoms with van der Waals surface area (Å²) >= 11 is 0. The summed E-state index contributed by atoms with van der Waals surface area (Å²) in [7, 11) is 1.32. The zero-order valence-corrected chi connectivity index (χ0v) is 11.3. The van der Waals surface area contributed by atoms with E-state index in [0.29, 0.717) is 11.9 Å². The number of pyridine rings is 1. The highest BCUT2D eigenvalue weighted by Gasteiger charge is 2.35. The van der Waals surface area contributed by atoms with Crippen molar-refractivity contribution >= 4 is 23.4 Å². The SMILES string of the molecule is CNc1nc(Nc2ccc(C(N)=O)nc2)ncc1C(F)(F)F. The van der Waals surface area contributed by atoms with Gasteiger partial charge in [0.2, 0.25) is 5.95 Å². The summed E-state index contributed by atoms with van der Waals surface area (Å²) in [5.74, 6) is -1.09. The van der Waals surface area contributed by atoms with Gasteiger partial charge < -0.3 is 16.4 Å². The summed E-state index contributed by atoms with van der Waals surface area (Å²) in [5.41, 5.74) is 4.54. The van der Waals surface area contributed by atoms with E-state index >= 15 is 0 Å². The average molecular weight is 312 g/mol. The summed E-state index contributed by atoms with van der Waals surface area (Å²) < 4.78 is 38.2. The molecule has 0 radical (unpaired) electrons. The maximum atomic E-state index is 12.7. The van der Waals surface area contributed by atoms with E-state index in [0.717, 1.165) is 0 Å². The lowest BCUT2D eigenvalue weighted by Crippen LogP contribution is -2.13. The van der Waals surface area contributed by atoms with Gasteiger partial charge in [0.05, 0.1) is 11.9 Å². The van der Waals surface area contributed by atoms with Crippen molar-refractivity contribution in [2.24, 2.45) is 5.73 Å². The van der Waals surface area contributed by atoms with Crippen molar-refractivity contribution in [1.82, 2.24) is 15.0 Å². The molecule has 7 nitrogen and oxygen atoms in total. The van der Waals surface area contributed by atoms with Crippen LogP contribution < -0.4 is 16.4 Å². The van der Waals surface area contributed by atoms with Crippen LogP contribution in [0.1, 0.15) is 16.1 Å². The largest absolute Gasteiger partial charge is 0.421 e. The first-order valence-electron chi connectivity index (χ1n) is 5.96. The predicted octanol–water partition coefficient (Wildman–Crippen LogP) is 1.77. The lowest BCUT2D eigenvalue weighted by molar-refractivity contribution is -0.137. The van der Waals surface area contributed by atoms with Crippen molar-refractivity contribution in [1.29, 1.82) is 0 Å². The van der Waals surface area contributed by atoms with Gasteiger partial charge in [-0.3, -0.25) is 4.79 Å². The third-order valence-corrected chi connectivity index (χ3v) is 2.60. The first kappa shape index (κ1) is 15.5. The van der Waals surface area contributed by atoms with Gasteiger partial charge in [0.25, 0.3) is 5.91 Å². The Morgan fingerprint density at radius 1 is 1.23 bits per heavy atom. The molecule has 10 heteroatoms. The van der Waals surface area contributed by atoms with Gasteiger partial charge >= 0.3 is 6.18 Å². The Kier molecular flexibility index (Phi) is 4.11. The van der Waals surface area contributed by atoms with Crippen molar-refractivity contribution in [3.63, 3.8) is 0 Å². The molecule has 4 N–H and O–H groups in total. The van der Waals surface area contributed by atoms with E-state index < -0.39 is 17.6 Å². The Bertz CT molecular complexity index is 686. The van der Waals surface area contributed by atoms with Crippen LogP contribution in [0.5, 0.6) is 0 Å². The Labute approximate surface area is 122 Å². The van der Waals surface area contributed by atoms with Crippen LogP contribution in [0, 0.1) is 0 Å². The van der Waals surface area contributed by atoms with Crippen molar-refractivity contribution < 1.29 is 18.0 Å². The Balaban J connectivity index is 2.25. The van der Waals surface area contributed by atoms with Gasteiger partial charge in [-0.05, 0) is 12.1 Å². The normalized spacial score (nSPS) is 11.1. The van der Waals surface area contributed by atoms with Crippen LogP contribution in [-0.4, -0.2) is 27.9 Å². The van der Waals surface area contributed by atoms with E-state index in [1.807, 2.05) is 0 Å². The molecule has 0 fully saturated rings. The second kappa shape index (κ2) is 5.84. The number of nitrogens with one attached hydrogen (secondary N) is 2. The average Bonchev–Trinajstić information content (AvgIpc) is 2.46. The number of aromatic nitrogens is 3. The van der Waals surface area contributed by atoms with Crippen molar-refractivity contribution in [2.75, 3.05) is 17.7 Å². The van der Waals surface area contributed by atoms with Crippen LogP contribution in [0.3, 0.4) is 0 Å². The Morgan fingerprint density at radius 2 is 1.95 bits per heavy atom. The highest BCUT2D eigenvalue weighted by molar-refractivity contribution is 5.90. The second-order valence-corrected chi connectivity index (χ2v) is 4.13. The number of alkyl halides is 3. The number of nitrogens with zero attached hydrogens (tertiary/aromatic N) is 3. The van der Waals surface area contributed by atoms with Gasteiger partial charge in [-0.15, -0.1) is 0 Å². The quantitative estimate of drug-likeness (QED) is 0.794. The molecular weight excluding hydrogens is 301 g/mol. The highest BCUT2D eigenvalue weighted by atomic mass is 19.4. The Hall–Kier alpha value is -2.91. The number of carbonyl (C=O) groups is 1. The molecule has 2 aromatic rings. The van der Waals surface area contributed by atoms with Gasteiger partial charge in [0.15, 0.2) is 0 Å². The zero-order valence-electron chi connectivity index (χ0n) is 11.3. The summed E-state index contributed by atoms with van der Waals surface area (Å²) in [5, 5.41) is 5.04. The van der Waals surface area contributed by atoms with E-state index in [4.69, 9.17) is 5.73 Å². The van der Waals surface area contributed by atoms with Crippen LogP contribution in [0.15, 0.2) is 24.5 Å². The summed E-state index contributed by atoms with van der Waals surface area (Å²) in [6.07, 6.45) is -2.59. The van der Waals surface area contributed by atoms with E-state index in [-0.39, 0.29) is 17.5 Å². The topological polar surface area (TPSA) is 106 Å². The molecule has 0 aliphatic heterocycles. The van der Waals surface area contributed by atoms with E-state index in [1.54, 1.807) is 0 Å². The molecule has 0 aliphatic carbocycles. The van der Waals surface area contributed by atoms with Crippen LogP contribution in [-0.2, 0) is 6.18 Å². The molecule has 0 bridgehead atoms. The third kappa shape index (κ3) is 3.40. The zero-order chi connectivity index (χ0) is 16.3. The number of hydrogen-bond acceptors (Lipinski definition) is 6. The molecule has 1 amide bonds. The Morgan fingerprint density at radius 3 is 2.45 bits per heavy atom. The molecule has 0 aliphatic rings. The molecule has 0 spiro atoms. The molecular formula is C12H11F3N6O. The highest BCUT2D eigenvalue weighted by Crippen LogP contribution is 2.33. The molecule has 116 valence electrons. The minimum atomic E-state index is -4.55. The standard InChI is InChI=1S/C12H11F3N6O/c1-17-10-7(12(13,14)15)5-19-11(21-10)20-6-2-3-8(9(16)22)18-4-6/h2-5H,1H3,(H2,16,22)(H2,17,19,20,21). The van der Waals surface area contributed by atoms with Gasteiger partial charge in [-0.2, -0.15) is 18.2 Å². The molecule has 0 saturated carbocycles. The number of rotatable bonds is 4. The lowest BCUT2D eigenvalue weighted by atomic mass is 10.3. The summed E-state index contributed by atoms with van der Waals surface area (Å²) in [6.45, 7) is 0. The number of halogens is 3. The van der Waals surface area contributed by atoms with Crippen LogP contribution >= 0.6 is 0 Å². The van der Waals surface area contributed by atoms with E-state index in [9.17, 15) is 18.0 Å². The third-order valence-electron chi connectivity index (χ3n) is 2.60. The molecule has 0 atom stereocenters. The number of nitrogens with two attached hydrogens (primary N) is 1. The lowest BCUT2D eigenvalue weighted by Gasteiger charge is -2.12. The number of anilines is 3. The van der Waals surface area contributed by atoms with Crippen LogP contribution in [0.25, 0.3) is 0 Å². The minimum Gasteiger partial charge on any atom is -0.372 e. The number of carbonyl (C=O) groups excluding carboxylic acids is 1. The van der Waals surface area contributed by atoms with Gasteiger partial charge in [0, 0.05) is 13.2 Å².